The summed E-state index contributed by atoms with van der Waals surface area (Å²) in [6, 6.07) is 5.92. The van der Waals surface area contributed by atoms with Crippen molar-refractivity contribution >= 4 is 5.91 Å². The number of aliphatic hydroxyl groups is 1. The van der Waals surface area contributed by atoms with Crippen LogP contribution in [0.2, 0.25) is 0 Å². The SMILES string of the molecule is COCC(O)CNC(=O)C(C)c1cccc(F)c1. The molecule has 5 heteroatoms. The number of carbonyl (C=O) groups is 1. The van der Waals surface area contributed by atoms with E-state index in [0.29, 0.717) is 5.56 Å². The van der Waals surface area contributed by atoms with Crippen molar-refractivity contribution in [3.05, 3.63) is 35.6 Å². The van der Waals surface area contributed by atoms with Crippen LogP contribution in [0.15, 0.2) is 24.3 Å². The molecule has 2 N–H and O–H groups in total. The average Bonchev–Trinajstić information content (AvgIpc) is 2.35. The number of amides is 1. The maximum absolute atomic E-state index is 13.0. The van der Waals surface area contributed by atoms with E-state index < -0.39 is 12.0 Å². The highest BCUT2D eigenvalue weighted by Gasteiger charge is 2.16. The molecule has 0 radical (unpaired) electrons. The molecule has 1 aromatic rings. The summed E-state index contributed by atoms with van der Waals surface area (Å²) in [5.41, 5.74) is 0.605. The standard InChI is InChI=1S/C13H18FNO3/c1-9(10-4-3-5-11(14)6-10)13(17)15-7-12(16)8-18-2/h3-6,9,12,16H,7-8H2,1-2H3,(H,15,17). The van der Waals surface area contributed by atoms with Gasteiger partial charge in [0.25, 0.3) is 0 Å². The van der Waals surface area contributed by atoms with Crippen LogP contribution in [0.25, 0.3) is 0 Å². The number of benzene rings is 1. The molecular formula is C13H18FNO3. The fourth-order valence-corrected chi connectivity index (χ4v) is 1.55. The maximum atomic E-state index is 13.0. The van der Waals surface area contributed by atoms with E-state index in [1.165, 1.54) is 19.2 Å². The van der Waals surface area contributed by atoms with E-state index in [0.717, 1.165) is 0 Å². The Bertz CT molecular complexity index is 398. The molecule has 1 aromatic carbocycles. The monoisotopic (exact) mass is 255 g/mol. The molecule has 2 unspecified atom stereocenters. The predicted molar refractivity (Wildman–Crippen MR) is 65.7 cm³/mol. The average molecular weight is 255 g/mol. The minimum Gasteiger partial charge on any atom is -0.389 e. The Morgan fingerprint density at radius 2 is 2.28 bits per heavy atom. The Labute approximate surface area is 106 Å². The van der Waals surface area contributed by atoms with E-state index >= 15 is 0 Å². The van der Waals surface area contributed by atoms with E-state index in [1.807, 2.05) is 0 Å². The molecule has 2 atom stereocenters. The van der Waals surface area contributed by atoms with Crippen molar-refractivity contribution in [3.8, 4) is 0 Å². The van der Waals surface area contributed by atoms with Gasteiger partial charge in [0.05, 0.1) is 18.6 Å². The van der Waals surface area contributed by atoms with E-state index in [-0.39, 0.29) is 24.9 Å². The number of aliphatic hydroxyl groups excluding tert-OH is 1. The van der Waals surface area contributed by atoms with Crippen LogP contribution >= 0.6 is 0 Å². The maximum Gasteiger partial charge on any atom is 0.227 e. The van der Waals surface area contributed by atoms with Crippen molar-refractivity contribution in [3.63, 3.8) is 0 Å². The third-order valence-electron chi connectivity index (χ3n) is 2.61. The second kappa shape index (κ2) is 7.08. The molecule has 4 nitrogen and oxygen atoms in total. The van der Waals surface area contributed by atoms with Crippen LogP contribution in [0.5, 0.6) is 0 Å². The molecule has 0 aliphatic rings. The number of methoxy groups -OCH3 is 1. The number of hydrogen-bond donors (Lipinski definition) is 2. The molecule has 0 saturated carbocycles. The summed E-state index contributed by atoms with van der Waals surface area (Å²) in [7, 11) is 1.47. The molecule has 0 aliphatic carbocycles. The van der Waals surface area contributed by atoms with Crippen LogP contribution in [-0.4, -0.2) is 37.4 Å². The van der Waals surface area contributed by atoms with Crippen LogP contribution in [0, 0.1) is 5.82 Å². The van der Waals surface area contributed by atoms with Gasteiger partial charge < -0.3 is 15.2 Å². The van der Waals surface area contributed by atoms with Gasteiger partial charge in [-0.25, -0.2) is 4.39 Å². The molecule has 18 heavy (non-hydrogen) atoms. The lowest BCUT2D eigenvalue weighted by Crippen LogP contribution is -2.36. The summed E-state index contributed by atoms with van der Waals surface area (Å²) in [6.07, 6.45) is -0.737. The molecule has 0 saturated heterocycles. The quantitative estimate of drug-likeness (QED) is 0.799. The third-order valence-corrected chi connectivity index (χ3v) is 2.61. The zero-order valence-corrected chi connectivity index (χ0v) is 10.5. The Hall–Kier alpha value is -1.46. The number of ether oxygens (including phenoxy) is 1. The Morgan fingerprint density at radius 3 is 2.89 bits per heavy atom. The lowest BCUT2D eigenvalue weighted by Gasteiger charge is -2.15. The fourth-order valence-electron chi connectivity index (χ4n) is 1.55. The smallest absolute Gasteiger partial charge is 0.227 e. The Morgan fingerprint density at radius 1 is 1.56 bits per heavy atom. The molecule has 1 rings (SSSR count). The molecule has 0 heterocycles. The van der Waals surface area contributed by atoms with Gasteiger partial charge in [0.2, 0.25) is 5.91 Å². The minimum atomic E-state index is -0.737. The molecular weight excluding hydrogens is 237 g/mol. The van der Waals surface area contributed by atoms with Gasteiger partial charge in [0, 0.05) is 13.7 Å². The van der Waals surface area contributed by atoms with Gasteiger partial charge in [-0.15, -0.1) is 0 Å². The second-order valence-corrected chi connectivity index (χ2v) is 4.13. The van der Waals surface area contributed by atoms with Crippen LogP contribution < -0.4 is 5.32 Å². The van der Waals surface area contributed by atoms with E-state index in [9.17, 15) is 14.3 Å². The first-order chi connectivity index (χ1) is 8.54. The third kappa shape index (κ3) is 4.43. The first kappa shape index (κ1) is 14.6. The molecule has 1 amide bonds. The molecule has 0 bridgehead atoms. The van der Waals surface area contributed by atoms with Crippen LogP contribution in [0.1, 0.15) is 18.4 Å². The molecule has 100 valence electrons. The normalized spacial score (nSPS) is 14.0. The van der Waals surface area contributed by atoms with Crippen LogP contribution in [-0.2, 0) is 9.53 Å². The van der Waals surface area contributed by atoms with Crippen LogP contribution in [0.3, 0.4) is 0 Å². The number of rotatable bonds is 6. The van der Waals surface area contributed by atoms with Crippen molar-refractivity contribution in [2.24, 2.45) is 0 Å². The van der Waals surface area contributed by atoms with Crippen molar-refractivity contribution in [2.45, 2.75) is 18.9 Å². The van der Waals surface area contributed by atoms with Crippen molar-refractivity contribution in [1.82, 2.24) is 5.32 Å². The fraction of sp³-hybridized carbons (Fsp3) is 0.462. The van der Waals surface area contributed by atoms with Gasteiger partial charge in [-0.05, 0) is 24.6 Å². The molecule has 0 fully saturated rings. The number of halogens is 1. The van der Waals surface area contributed by atoms with E-state index in [2.05, 4.69) is 5.32 Å². The Balaban J connectivity index is 2.51. The van der Waals surface area contributed by atoms with E-state index in [4.69, 9.17) is 4.74 Å². The van der Waals surface area contributed by atoms with Gasteiger partial charge in [-0.1, -0.05) is 12.1 Å². The zero-order valence-electron chi connectivity index (χ0n) is 10.5. The van der Waals surface area contributed by atoms with Crippen LogP contribution in [0.4, 0.5) is 4.39 Å². The summed E-state index contributed by atoms with van der Waals surface area (Å²) < 4.78 is 17.8. The number of nitrogens with one attached hydrogen (secondary N) is 1. The summed E-state index contributed by atoms with van der Waals surface area (Å²) in [4.78, 5) is 11.8. The summed E-state index contributed by atoms with van der Waals surface area (Å²) in [5.74, 6) is -1.09. The number of carbonyl (C=O) groups excluding carboxylic acids is 1. The molecule has 0 spiro atoms. The lowest BCUT2D eigenvalue weighted by molar-refractivity contribution is -0.122. The Kier molecular flexibility index (Phi) is 5.74. The summed E-state index contributed by atoms with van der Waals surface area (Å²) >= 11 is 0. The minimum absolute atomic E-state index is 0.117. The zero-order chi connectivity index (χ0) is 13.5. The summed E-state index contributed by atoms with van der Waals surface area (Å²) in [6.45, 7) is 1.97. The van der Waals surface area contributed by atoms with Crippen molar-refractivity contribution < 1.29 is 19.0 Å². The highest BCUT2D eigenvalue weighted by Crippen LogP contribution is 2.16. The van der Waals surface area contributed by atoms with Gasteiger partial charge in [0.1, 0.15) is 5.82 Å². The van der Waals surface area contributed by atoms with Gasteiger partial charge in [-0.2, -0.15) is 0 Å². The molecule has 0 aromatic heterocycles. The highest BCUT2D eigenvalue weighted by atomic mass is 19.1. The summed E-state index contributed by atoms with van der Waals surface area (Å²) in [5, 5.41) is 12.0. The topological polar surface area (TPSA) is 58.6 Å². The van der Waals surface area contributed by atoms with Crippen molar-refractivity contribution in [2.75, 3.05) is 20.3 Å². The first-order valence-corrected chi connectivity index (χ1v) is 5.74. The van der Waals surface area contributed by atoms with Gasteiger partial charge in [-0.3, -0.25) is 4.79 Å². The predicted octanol–water partition coefficient (Wildman–Crippen LogP) is 1.05. The highest BCUT2D eigenvalue weighted by molar-refractivity contribution is 5.83. The largest absolute Gasteiger partial charge is 0.389 e. The molecule has 0 aliphatic heterocycles. The van der Waals surface area contributed by atoms with Crippen molar-refractivity contribution in [1.29, 1.82) is 0 Å². The van der Waals surface area contributed by atoms with E-state index in [1.54, 1.807) is 19.1 Å². The number of hydrogen-bond acceptors (Lipinski definition) is 3. The first-order valence-electron chi connectivity index (χ1n) is 5.74. The van der Waals surface area contributed by atoms with Gasteiger partial charge in [0.15, 0.2) is 0 Å². The van der Waals surface area contributed by atoms with Gasteiger partial charge >= 0.3 is 0 Å². The lowest BCUT2D eigenvalue weighted by atomic mass is 10.0. The second-order valence-electron chi connectivity index (χ2n) is 4.13.